The van der Waals surface area contributed by atoms with E-state index in [2.05, 4.69) is 25.8 Å². The summed E-state index contributed by atoms with van der Waals surface area (Å²) in [5, 5.41) is 15.9. The lowest BCUT2D eigenvalue weighted by Crippen LogP contribution is -2.26. The van der Waals surface area contributed by atoms with Crippen LogP contribution < -0.4 is 10.6 Å². The second-order valence-corrected chi connectivity index (χ2v) is 12.2. The first kappa shape index (κ1) is 25.3. The molecular weight excluding hydrogens is 559 g/mol. The summed E-state index contributed by atoms with van der Waals surface area (Å²) in [6.07, 6.45) is 2.14. The Morgan fingerprint density at radius 1 is 1.08 bits per heavy atom. The second-order valence-electron chi connectivity index (χ2n) is 8.12. The van der Waals surface area contributed by atoms with E-state index < -0.39 is 0 Å². The van der Waals surface area contributed by atoms with Crippen LogP contribution in [0.5, 0.6) is 0 Å². The highest BCUT2D eigenvalue weighted by Gasteiger charge is 2.23. The standard InChI is InChI=1S/C23H20Cl2N6O2S3/c1-31-21(15-6-2-12(24)8-16(15)25)29-30-22(31)34-10-19(32)27-14-5-7-17-18(9-14)36-23(28-17)35-11-20(33)26-13-3-4-13/h2,5-9,13H,3-4,10-11H2,1H3,(H,26,33)(H,27,32). The SMILES string of the molecule is Cn1c(SCC(=O)Nc2ccc3nc(SCC(=O)NC4CC4)sc3c2)nnc1-c1ccc(Cl)cc1Cl. The van der Waals surface area contributed by atoms with Crippen molar-refractivity contribution in [2.24, 2.45) is 7.05 Å². The molecule has 2 N–H and O–H groups in total. The normalized spacial score (nSPS) is 13.2. The summed E-state index contributed by atoms with van der Waals surface area (Å²) in [5.41, 5.74) is 2.24. The van der Waals surface area contributed by atoms with E-state index in [1.54, 1.807) is 22.8 Å². The van der Waals surface area contributed by atoms with Crippen LogP contribution in [0.15, 0.2) is 45.9 Å². The van der Waals surface area contributed by atoms with Gasteiger partial charge in [0.05, 0.1) is 26.7 Å². The molecular formula is C23H20Cl2N6O2S3. The van der Waals surface area contributed by atoms with Gasteiger partial charge in [-0.1, -0.05) is 46.7 Å². The van der Waals surface area contributed by atoms with Crippen LogP contribution in [-0.2, 0) is 16.6 Å². The number of anilines is 1. The third-order valence-electron chi connectivity index (χ3n) is 5.26. The van der Waals surface area contributed by atoms with Crippen LogP contribution in [0.2, 0.25) is 10.0 Å². The van der Waals surface area contributed by atoms with Crippen LogP contribution in [0.25, 0.3) is 21.6 Å². The van der Waals surface area contributed by atoms with Gasteiger partial charge in [0.15, 0.2) is 15.3 Å². The topological polar surface area (TPSA) is 102 Å². The highest BCUT2D eigenvalue weighted by Crippen LogP contribution is 2.32. The smallest absolute Gasteiger partial charge is 0.234 e. The number of fused-ring (bicyclic) bond motifs is 1. The number of amides is 2. The maximum absolute atomic E-state index is 12.6. The van der Waals surface area contributed by atoms with Gasteiger partial charge < -0.3 is 15.2 Å². The minimum atomic E-state index is -0.163. The average Bonchev–Trinajstić information content (AvgIpc) is 3.44. The van der Waals surface area contributed by atoms with Crippen molar-refractivity contribution in [2.75, 3.05) is 16.8 Å². The highest BCUT2D eigenvalue weighted by atomic mass is 35.5. The van der Waals surface area contributed by atoms with E-state index in [0.717, 1.165) is 27.4 Å². The molecule has 0 saturated heterocycles. The zero-order chi connectivity index (χ0) is 25.2. The molecule has 2 heterocycles. The van der Waals surface area contributed by atoms with Crippen LogP contribution in [-0.4, -0.2) is 49.1 Å². The highest BCUT2D eigenvalue weighted by molar-refractivity contribution is 8.01. The lowest BCUT2D eigenvalue weighted by atomic mass is 10.2. The van der Waals surface area contributed by atoms with Gasteiger partial charge in [-0.2, -0.15) is 0 Å². The molecule has 36 heavy (non-hydrogen) atoms. The largest absolute Gasteiger partial charge is 0.353 e. The number of thioether (sulfide) groups is 2. The van der Waals surface area contributed by atoms with Crippen molar-refractivity contribution in [1.29, 1.82) is 0 Å². The van der Waals surface area contributed by atoms with E-state index in [1.807, 2.05) is 25.2 Å². The monoisotopic (exact) mass is 578 g/mol. The summed E-state index contributed by atoms with van der Waals surface area (Å²) in [4.78, 5) is 29.1. The molecule has 0 unspecified atom stereocenters. The van der Waals surface area contributed by atoms with E-state index >= 15 is 0 Å². The van der Waals surface area contributed by atoms with Crippen molar-refractivity contribution < 1.29 is 9.59 Å². The molecule has 2 aromatic heterocycles. The van der Waals surface area contributed by atoms with E-state index in [0.29, 0.717) is 44.1 Å². The minimum absolute atomic E-state index is 0.0403. The van der Waals surface area contributed by atoms with Crippen LogP contribution in [0.1, 0.15) is 12.8 Å². The zero-order valence-electron chi connectivity index (χ0n) is 19.0. The second kappa shape index (κ2) is 11.0. The van der Waals surface area contributed by atoms with Gasteiger partial charge in [0, 0.05) is 29.4 Å². The first-order valence-electron chi connectivity index (χ1n) is 11.0. The van der Waals surface area contributed by atoms with Crippen LogP contribution in [0.3, 0.4) is 0 Å². The molecule has 8 nitrogen and oxygen atoms in total. The fraction of sp³-hybridized carbons (Fsp3) is 0.261. The summed E-state index contributed by atoms with van der Waals surface area (Å²) in [6, 6.07) is 11.1. The molecule has 1 aliphatic rings. The third-order valence-corrected chi connectivity index (χ3v) is 8.99. The number of halogens is 2. The molecule has 0 spiro atoms. The Morgan fingerprint density at radius 2 is 1.89 bits per heavy atom. The van der Waals surface area contributed by atoms with Gasteiger partial charge in [0.2, 0.25) is 11.8 Å². The molecule has 0 bridgehead atoms. The quantitative estimate of drug-likeness (QED) is 0.253. The average molecular weight is 580 g/mol. The fourth-order valence-electron chi connectivity index (χ4n) is 3.34. The number of rotatable bonds is 9. The van der Waals surface area contributed by atoms with Crippen molar-refractivity contribution in [3.05, 3.63) is 46.4 Å². The molecule has 4 aromatic rings. The van der Waals surface area contributed by atoms with Crippen LogP contribution >= 0.6 is 58.1 Å². The molecule has 2 amide bonds. The van der Waals surface area contributed by atoms with E-state index in [9.17, 15) is 9.59 Å². The Morgan fingerprint density at radius 3 is 2.67 bits per heavy atom. The van der Waals surface area contributed by atoms with Gasteiger partial charge in [-0.15, -0.1) is 21.5 Å². The molecule has 13 heteroatoms. The summed E-state index contributed by atoms with van der Waals surface area (Å²) < 4.78 is 3.57. The molecule has 0 radical (unpaired) electrons. The lowest BCUT2D eigenvalue weighted by molar-refractivity contribution is -0.118. The Labute approximate surface area is 229 Å². The number of hydrogen-bond acceptors (Lipinski definition) is 8. The number of carbonyl (C=O) groups is 2. The van der Waals surface area contributed by atoms with Gasteiger partial charge in [0.1, 0.15) is 0 Å². The number of carbonyl (C=O) groups excluding carboxylic acids is 2. The Balaban J connectivity index is 1.17. The molecule has 0 aliphatic heterocycles. The van der Waals surface area contributed by atoms with Crippen LogP contribution in [0, 0.1) is 0 Å². The molecule has 1 saturated carbocycles. The van der Waals surface area contributed by atoms with E-state index in [-0.39, 0.29) is 17.6 Å². The maximum Gasteiger partial charge on any atom is 0.234 e. The predicted octanol–water partition coefficient (Wildman–Crippen LogP) is 5.50. The number of nitrogens with one attached hydrogen (secondary N) is 2. The van der Waals surface area contributed by atoms with E-state index in [1.165, 1.54) is 34.9 Å². The van der Waals surface area contributed by atoms with Crippen molar-refractivity contribution in [3.8, 4) is 11.4 Å². The molecule has 186 valence electrons. The molecule has 2 aromatic carbocycles. The van der Waals surface area contributed by atoms with Gasteiger partial charge in [-0.3, -0.25) is 9.59 Å². The third kappa shape index (κ3) is 6.15. The zero-order valence-corrected chi connectivity index (χ0v) is 22.9. The minimum Gasteiger partial charge on any atom is -0.353 e. The molecule has 5 rings (SSSR count). The first-order valence-corrected chi connectivity index (χ1v) is 14.5. The summed E-state index contributed by atoms with van der Waals surface area (Å²) >= 11 is 16.5. The van der Waals surface area contributed by atoms with Crippen molar-refractivity contribution in [3.63, 3.8) is 0 Å². The number of nitrogens with zero attached hydrogens (tertiary/aromatic N) is 4. The number of aromatic nitrogens is 4. The van der Waals surface area contributed by atoms with Gasteiger partial charge in [-0.25, -0.2) is 4.98 Å². The Bertz CT molecular complexity index is 1450. The van der Waals surface area contributed by atoms with Crippen molar-refractivity contribution in [1.82, 2.24) is 25.1 Å². The van der Waals surface area contributed by atoms with Gasteiger partial charge in [-0.05, 0) is 49.2 Å². The lowest BCUT2D eigenvalue weighted by Gasteiger charge is -2.07. The molecule has 1 aliphatic carbocycles. The summed E-state index contributed by atoms with van der Waals surface area (Å²) in [7, 11) is 1.82. The van der Waals surface area contributed by atoms with Gasteiger partial charge >= 0.3 is 0 Å². The number of thiazole rings is 1. The molecule has 1 fully saturated rings. The predicted molar refractivity (Wildman–Crippen MR) is 147 cm³/mol. The van der Waals surface area contributed by atoms with Crippen LogP contribution in [0.4, 0.5) is 5.69 Å². The van der Waals surface area contributed by atoms with Crippen molar-refractivity contribution in [2.45, 2.75) is 28.4 Å². The summed E-state index contributed by atoms with van der Waals surface area (Å²) in [6.45, 7) is 0. The molecule has 0 atom stereocenters. The number of benzene rings is 2. The first-order chi connectivity index (χ1) is 17.4. The van der Waals surface area contributed by atoms with E-state index in [4.69, 9.17) is 23.2 Å². The Hall–Kier alpha value is -2.31. The maximum atomic E-state index is 12.6. The number of hydrogen-bond donors (Lipinski definition) is 2. The van der Waals surface area contributed by atoms with Gasteiger partial charge in [0.25, 0.3) is 0 Å². The summed E-state index contributed by atoms with van der Waals surface area (Å²) in [5.74, 6) is 0.986. The Kier molecular flexibility index (Phi) is 7.73. The fourth-order valence-corrected chi connectivity index (χ4v) is 6.46. The van der Waals surface area contributed by atoms with Crippen molar-refractivity contribution >= 4 is 85.8 Å².